The standard InChI is InChI=1S/C16H24ClN3O3.ClH/c1-22-10-11-23-15-3-2-13(17)12-14(15)16(21)19-6-9-20-7-4-18-5-8-20;/h2-3,12,18H,4-11H2,1H3,(H,19,21);1H. The molecule has 0 saturated carbocycles. The van der Waals surface area contributed by atoms with E-state index >= 15 is 0 Å². The van der Waals surface area contributed by atoms with Crippen LogP contribution < -0.4 is 15.4 Å². The third-order valence-electron chi connectivity index (χ3n) is 3.65. The van der Waals surface area contributed by atoms with E-state index in [0.29, 0.717) is 36.1 Å². The van der Waals surface area contributed by atoms with Gasteiger partial charge in [0, 0.05) is 51.4 Å². The molecule has 24 heavy (non-hydrogen) atoms. The van der Waals surface area contributed by atoms with Crippen molar-refractivity contribution >= 4 is 29.9 Å². The molecule has 6 nitrogen and oxygen atoms in total. The lowest BCUT2D eigenvalue weighted by Gasteiger charge is -2.27. The molecule has 1 fully saturated rings. The van der Waals surface area contributed by atoms with Crippen LogP contribution in [0.2, 0.25) is 5.02 Å². The van der Waals surface area contributed by atoms with E-state index in [4.69, 9.17) is 21.1 Å². The van der Waals surface area contributed by atoms with Gasteiger partial charge >= 0.3 is 0 Å². The number of carbonyl (C=O) groups excluding carboxylic acids is 1. The first-order valence-electron chi connectivity index (χ1n) is 7.83. The molecule has 1 aromatic carbocycles. The number of ether oxygens (including phenoxy) is 2. The van der Waals surface area contributed by atoms with E-state index in [1.807, 2.05) is 0 Å². The summed E-state index contributed by atoms with van der Waals surface area (Å²) in [5, 5.41) is 6.75. The summed E-state index contributed by atoms with van der Waals surface area (Å²) in [6.07, 6.45) is 0. The smallest absolute Gasteiger partial charge is 0.255 e. The number of piperazine rings is 1. The average molecular weight is 378 g/mol. The molecule has 1 aliphatic heterocycles. The highest BCUT2D eigenvalue weighted by atomic mass is 35.5. The van der Waals surface area contributed by atoms with Crippen molar-refractivity contribution in [1.29, 1.82) is 0 Å². The number of hydrogen-bond donors (Lipinski definition) is 2. The molecule has 1 aliphatic rings. The zero-order valence-electron chi connectivity index (χ0n) is 13.8. The fourth-order valence-corrected chi connectivity index (χ4v) is 2.57. The molecule has 1 heterocycles. The number of nitrogens with zero attached hydrogens (tertiary/aromatic N) is 1. The Labute approximate surface area is 154 Å². The van der Waals surface area contributed by atoms with Gasteiger partial charge in [0.1, 0.15) is 12.4 Å². The third-order valence-corrected chi connectivity index (χ3v) is 3.89. The van der Waals surface area contributed by atoms with Gasteiger partial charge in [0.2, 0.25) is 0 Å². The Balaban J connectivity index is 0.00000288. The highest BCUT2D eigenvalue weighted by molar-refractivity contribution is 6.31. The molecule has 1 amide bonds. The Morgan fingerprint density at radius 2 is 2.08 bits per heavy atom. The Morgan fingerprint density at radius 3 is 2.79 bits per heavy atom. The van der Waals surface area contributed by atoms with Crippen LogP contribution in [0, 0.1) is 0 Å². The van der Waals surface area contributed by atoms with Gasteiger partial charge in [-0.3, -0.25) is 9.69 Å². The molecule has 0 unspecified atom stereocenters. The van der Waals surface area contributed by atoms with Crippen molar-refractivity contribution in [2.45, 2.75) is 0 Å². The van der Waals surface area contributed by atoms with E-state index in [1.165, 1.54) is 0 Å². The molecular weight excluding hydrogens is 353 g/mol. The van der Waals surface area contributed by atoms with Gasteiger partial charge in [-0.1, -0.05) is 11.6 Å². The predicted octanol–water partition coefficient (Wildman–Crippen LogP) is 1.42. The lowest BCUT2D eigenvalue weighted by atomic mass is 10.2. The van der Waals surface area contributed by atoms with Crippen LogP contribution in [0.15, 0.2) is 18.2 Å². The van der Waals surface area contributed by atoms with Gasteiger partial charge in [0.05, 0.1) is 12.2 Å². The SMILES string of the molecule is COCCOc1ccc(Cl)cc1C(=O)NCCN1CCNCC1.Cl. The van der Waals surface area contributed by atoms with Crippen molar-refractivity contribution in [3.05, 3.63) is 28.8 Å². The van der Waals surface area contributed by atoms with Crippen LogP contribution >= 0.6 is 24.0 Å². The summed E-state index contributed by atoms with van der Waals surface area (Å²) in [6, 6.07) is 5.05. The van der Waals surface area contributed by atoms with E-state index in [1.54, 1.807) is 25.3 Å². The second kappa shape index (κ2) is 11.5. The van der Waals surface area contributed by atoms with E-state index in [0.717, 1.165) is 32.7 Å². The van der Waals surface area contributed by atoms with Crippen LogP contribution in [0.5, 0.6) is 5.75 Å². The number of amides is 1. The second-order valence-electron chi connectivity index (χ2n) is 5.33. The zero-order chi connectivity index (χ0) is 16.5. The molecule has 0 radical (unpaired) electrons. The molecule has 1 aromatic rings. The summed E-state index contributed by atoms with van der Waals surface area (Å²) in [4.78, 5) is 14.7. The van der Waals surface area contributed by atoms with Gasteiger partial charge in [-0.15, -0.1) is 12.4 Å². The molecule has 0 aliphatic carbocycles. The molecule has 0 atom stereocenters. The third kappa shape index (κ3) is 6.83. The lowest BCUT2D eigenvalue weighted by Crippen LogP contribution is -2.46. The molecule has 136 valence electrons. The van der Waals surface area contributed by atoms with Gasteiger partial charge in [-0.05, 0) is 18.2 Å². The zero-order valence-corrected chi connectivity index (χ0v) is 15.4. The Morgan fingerprint density at radius 1 is 1.33 bits per heavy atom. The average Bonchev–Trinajstić information content (AvgIpc) is 2.57. The van der Waals surface area contributed by atoms with Crippen molar-refractivity contribution in [3.8, 4) is 5.75 Å². The second-order valence-corrected chi connectivity index (χ2v) is 5.77. The van der Waals surface area contributed by atoms with Gasteiger partial charge in [0.25, 0.3) is 5.91 Å². The topological polar surface area (TPSA) is 62.8 Å². The summed E-state index contributed by atoms with van der Waals surface area (Å²) in [6.45, 7) is 6.32. The Hall–Kier alpha value is -1.05. The first kappa shape index (κ1) is 21.0. The van der Waals surface area contributed by atoms with Crippen molar-refractivity contribution < 1.29 is 14.3 Å². The van der Waals surface area contributed by atoms with Crippen LogP contribution in [0.1, 0.15) is 10.4 Å². The Kier molecular flexibility index (Phi) is 10.1. The largest absolute Gasteiger partial charge is 0.490 e. The Bertz CT molecular complexity index is 511. The molecule has 8 heteroatoms. The fraction of sp³-hybridized carbons (Fsp3) is 0.562. The quantitative estimate of drug-likeness (QED) is 0.670. The van der Waals surface area contributed by atoms with Crippen LogP contribution in [0.3, 0.4) is 0 Å². The molecule has 0 spiro atoms. The van der Waals surface area contributed by atoms with Crippen molar-refractivity contribution in [1.82, 2.24) is 15.5 Å². The molecule has 0 bridgehead atoms. The van der Waals surface area contributed by atoms with Crippen molar-refractivity contribution in [2.75, 3.05) is 59.6 Å². The van der Waals surface area contributed by atoms with Gasteiger partial charge in [-0.2, -0.15) is 0 Å². The summed E-state index contributed by atoms with van der Waals surface area (Å²) >= 11 is 6.00. The molecule has 1 saturated heterocycles. The van der Waals surface area contributed by atoms with Crippen LogP contribution in [0.25, 0.3) is 0 Å². The van der Waals surface area contributed by atoms with Crippen molar-refractivity contribution in [2.24, 2.45) is 0 Å². The fourth-order valence-electron chi connectivity index (χ4n) is 2.40. The molecule has 0 aromatic heterocycles. The maximum Gasteiger partial charge on any atom is 0.255 e. The highest BCUT2D eigenvalue weighted by Crippen LogP contribution is 2.22. The minimum atomic E-state index is -0.171. The number of rotatable bonds is 8. The normalized spacial score (nSPS) is 14.8. The predicted molar refractivity (Wildman–Crippen MR) is 97.7 cm³/mol. The van der Waals surface area contributed by atoms with Crippen LogP contribution in [-0.4, -0.2) is 70.4 Å². The maximum atomic E-state index is 12.4. The molecule has 2 rings (SSSR count). The van der Waals surface area contributed by atoms with E-state index < -0.39 is 0 Å². The lowest BCUT2D eigenvalue weighted by molar-refractivity contribution is 0.0939. The minimum absolute atomic E-state index is 0. The number of hydrogen-bond acceptors (Lipinski definition) is 5. The van der Waals surface area contributed by atoms with Crippen molar-refractivity contribution in [3.63, 3.8) is 0 Å². The van der Waals surface area contributed by atoms with Gasteiger partial charge in [0.15, 0.2) is 0 Å². The van der Waals surface area contributed by atoms with E-state index in [9.17, 15) is 4.79 Å². The summed E-state index contributed by atoms with van der Waals surface area (Å²) in [7, 11) is 1.61. The number of carbonyl (C=O) groups is 1. The first-order chi connectivity index (χ1) is 11.2. The van der Waals surface area contributed by atoms with Gasteiger partial charge in [-0.25, -0.2) is 0 Å². The number of nitrogens with one attached hydrogen (secondary N) is 2. The molecule has 2 N–H and O–H groups in total. The monoisotopic (exact) mass is 377 g/mol. The maximum absolute atomic E-state index is 12.4. The molecular formula is C16H25Cl2N3O3. The first-order valence-corrected chi connectivity index (χ1v) is 8.21. The van der Waals surface area contributed by atoms with Gasteiger partial charge < -0.3 is 20.1 Å². The minimum Gasteiger partial charge on any atom is -0.490 e. The van der Waals surface area contributed by atoms with E-state index in [2.05, 4.69) is 15.5 Å². The van der Waals surface area contributed by atoms with Crippen LogP contribution in [-0.2, 0) is 4.74 Å². The van der Waals surface area contributed by atoms with E-state index in [-0.39, 0.29) is 18.3 Å². The number of benzene rings is 1. The summed E-state index contributed by atoms with van der Waals surface area (Å²) < 4.78 is 10.5. The summed E-state index contributed by atoms with van der Waals surface area (Å²) in [5.74, 6) is 0.348. The summed E-state index contributed by atoms with van der Waals surface area (Å²) in [5.41, 5.74) is 0.453. The number of halogens is 2. The number of methoxy groups -OCH3 is 1. The van der Waals surface area contributed by atoms with Crippen LogP contribution in [0.4, 0.5) is 0 Å². The highest BCUT2D eigenvalue weighted by Gasteiger charge is 2.14.